The van der Waals surface area contributed by atoms with E-state index in [0.29, 0.717) is 0 Å². The van der Waals surface area contributed by atoms with E-state index in [1.54, 1.807) is 6.20 Å². The second kappa shape index (κ2) is 5.72. The standard InChI is InChI=1S/C18H11N2.Ir/c1-2-9-15-13(7-1)14-8-3-4-10-16(14)20-18(15)17-11-5-6-12-19-17;/h1-10,12H;/q-1;. The number of aromatic nitrogens is 2. The maximum Gasteiger partial charge on any atom is 0.0566 e. The predicted molar refractivity (Wildman–Crippen MR) is 81.3 cm³/mol. The molecule has 0 atom stereocenters. The summed E-state index contributed by atoms with van der Waals surface area (Å²) in [6.07, 6.45) is 1.78. The molecule has 3 heteroatoms. The third-order valence-corrected chi connectivity index (χ3v) is 3.44. The smallest absolute Gasteiger partial charge is 0.0566 e. The van der Waals surface area contributed by atoms with Crippen molar-refractivity contribution in [2.75, 3.05) is 0 Å². The number of benzene rings is 2. The number of hydrogen-bond donors (Lipinski definition) is 0. The molecule has 103 valence electrons. The summed E-state index contributed by atoms with van der Waals surface area (Å²) in [5.74, 6) is 0. The molecule has 2 heterocycles. The Morgan fingerprint density at radius 1 is 0.762 bits per heavy atom. The molecule has 0 N–H and O–H groups in total. The average molecular weight is 448 g/mol. The third kappa shape index (κ3) is 2.35. The molecule has 0 fully saturated rings. The van der Waals surface area contributed by atoms with Crippen LogP contribution in [0.3, 0.4) is 0 Å². The van der Waals surface area contributed by atoms with E-state index in [4.69, 9.17) is 4.98 Å². The Morgan fingerprint density at radius 3 is 2.24 bits per heavy atom. The summed E-state index contributed by atoms with van der Waals surface area (Å²) in [6.45, 7) is 0. The van der Waals surface area contributed by atoms with Crippen LogP contribution in [0.2, 0.25) is 0 Å². The minimum Gasteiger partial charge on any atom is -0.309 e. The zero-order valence-electron chi connectivity index (χ0n) is 11.1. The first-order valence-electron chi connectivity index (χ1n) is 6.54. The van der Waals surface area contributed by atoms with Crippen LogP contribution in [-0.2, 0) is 20.1 Å². The quantitative estimate of drug-likeness (QED) is 0.322. The first-order chi connectivity index (χ1) is 9.93. The Balaban J connectivity index is 0.00000132. The van der Waals surface area contributed by atoms with E-state index < -0.39 is 0 Å². The number of para-hydroxylation sites is 1. The maximum absolute atomic E-state index is 4.78. The third-order valence-electron chi connectivity index (χ3n) is 3.44. The predicted octanol–water partition coefficient (Wildman–Crippen LogP) is 4.25. The van der Waals surface area contributed by atoms with E-state index in [0.717, 1.165) is 22.3 Å². The van der Waals surface area contributed by atoms with Gasteiger partial charge in [-0.15, -0.1) is 6.07 Å². The summed E-state index contributed by atoms with van der Waals surface area (Å²) in [5, 5.41) is 3.48. The Hall–Kier alpha value is -2.09. The molecular formula is C18H11IrN2-. The summed E-state index contributed by atoms with van der Waals surface area (Å²) in [7, 11) is 0. The number of pyridine rings is 2. The molecule has 0 aliphatic heterocycles. The van der Waals surface area contributed by atoms with Crippen molar-refractivity contribution in [1.82, 2.24) is 9.97 Å². The van der Waals surface area contributed by atoms with Gasteiger partial charge in [0.15, 0.2) is 0 Å². The van der Waals surface area contributed by atoms with Crippen molar-refractivity contribution in [1.29, 1.82) is 0 Å². The first-order valence-corrected chi connectivity index (χ1v) is 6.54. The molecule has 2 aromatic heterocycles. The molecule has 0 saturated heterocycles. The fraction of sp³-hybridized carbons (Fsp3) is 0. The van der Waals surface area contributed by atoms with Gasteiger partial charge in [-0.1, -0.05) is 42.5 Å². The van der Waals surface area contributed by atoms with Gasteiger partial charge in [0, 0.05) is 25.5 Å². The van der Waals surface area contributed by atoms with E-state index >= 15 is 0 Å². The van der Waals surface area contributed by atoms with Crippen LogP contribution >= 0.6 is 0 Å². The van der Waals surface area contributed by atoms with Crippen molar-refractivity contribution >= 4 is 21.7 Å². The number of nitrogens with zero attached hydrogens (tertiary/aromatic N) is 2. The zero-order valence-corrected chi connectivity index (χ0v) is 13.5. The topological polar surface area (TPSA) is 25.8 Å². The van der Waals surface area contributed by atoms with Gasteiger partial charge in [-0.2, -0.15) is 12.1 Å². The Morgan fingerprint density at radius 2 is 1.48 bits per heavy atom. The van der Waals surface area contributed by atoms with Gasteiger partial charge in [0.25, 0.3) is 0 Å². The van der Waals surface area contributed by atoms with Crippen LogP contribution in [0, 0.1) is 6.07 Å². The van der Waals surface area contributed by atoms with E-state index in [1.807, 2.05) is 36.4 Å². The maximum atomic E-state index is 4.78. The van der Waals surface area contributed by atoms with Gasteiger partial charge in [-0.3, -0.25) is 4.98 Å². The van der Waals surface area contributed by atoms with Crippen molar-refractivity contribution in [3.63, 3.8) is 0 Å². The van der Waals surface area contributed by atoms with Crippen LogP contribution in [0.4, 0.5) is 0 Å². The molecule has 0 saturated carbocycles. The normalized spacial score (nSPS) is 10.5. The van der Waals surface area contributed by atoms with Crippen LogP contribution in [0.15, 0.2) is 66.9 Å². The monoisotopic (exact) mass is 448 g/mol. The summed E-state index contributed by atoms with van der Waals surface area (Å²) in [5.41, 5.74) is 2.66. The van der Waals surface area contributed by atoms with Crippen LogP contribution in [0.5, 0.6) is 0 Å². The van der Waals surface area contributed by atoms with E-state index in [9.17, 15) is 0 Å². The summed E-state index contributed by atoms with van der Waals surface area (Å²) in [6, 6.07) is 23.4. The summed E-state index contributed by atoms with van der Waals surface area (Å²) < 4.78 is 0. The SMILES string of the molecule is [Ir].[c-]1cccnc1-c1nc2ccccc2c2ccccc12. The van der Waals surface area contributed by atoms with Crippen molar-refractivity contribution in [2.45, 2.75) is 0 Å². The molecule has 0 aliphatic rings. The Bertz CT molecular complexity index is 904. The molecule has 1 radical (unpaired) electrons. The minimum atomic E-state index is 0. The van der Waals surface area contributed by atoms with Gasteiger partial charge in [-0.05, 0) is 34.4 Å². The zero-order chi connectivity index (χ0) is 13.4. The molecule has 21 heavy (non-hydrogen) atoms. The van der Waals surface area contributed by atoms with Crippen molar-refractivity contribution in [3.05, 3.63) is 72.9 Å². The van der Waals surface area contributed by atoms with Crippen molar-refractivity contribution in [2.24, 2.45) is 0 Å². The number of fused-ring (bicyclic) bond motifs is 3. The molecule has 4 rings (SSSR count). The second-order valence-electron chi connectivity index (χ2n) is 4.65. The Labute approximate surface area is 136 Å². The molecule has 0 aliphatic carbocycles. The van der Waals surface area contributed by atoms with E-state index in [-0.39, 0.29) is 20.1 Å². The minimum absolute atomic E-state index is 0. The van der Waals surface area contributed by atoms with Crippen LogP contribution in [0.25, 0.3) is 33.1 Å². The molecular weight excluding hydrogens is 436 g/mol. The molecule has 2 nitrogen and oxygen atoms in total. The van der Waals surface area contributed by atoms with Crippen LogP contribution in [-0.4, -0.2) is 9.97 Å². The van der Waals surface area contributed by atoms with Gasteiger partial charge in [0.05, 0.1) is 5.52 Å². The first kappa shape index (κ1) is 13.9. The largest absolute Gasteiger partial charge is 0.309 e. The van der Waals surface area contributed by atoms with Gasteiger partial charge in [-0.25, -0.2) is 0 Å². The molecule has 0 amide bonds. The summed E-state index contributed by atoms with van der Waals surface area (Å²) in [4.78, 5) is 9.17. The van der Waals surface area contributed by atoms with Gasteiger partial charge >= 0.3 is 0 Å². The molecule has 0 unspecified atom stereocenters. The van der Waals surface area contributed by atoms with Gasteiger partial charge in [0.1, 0.15) is 0 Å². The average Bonchev–Trinajstić information content (AvgIpc) is 2.55. The van der Waals surface area contributed by atoms with Crippen LogP contribution < -0.4 is 0 Å². The van der Waals surface area contributed by atoms with Crippen molar-refractivity contribution in [3.8, 4) is 11.4 Å². The molecule has 0 bridgehead atoms. The van der Waals surface area contributed by atoms with E-state index in [1.165, 1.54) is 10.8 Å². The second-order valence-corrected chi connectivity index (χ2v) is 4.65. The van der Waals surface area contributed by atoms with Crippen LogP contribution in [0.1, 0.15) is 0 Å². The number of hydrogen-bond acceptors (Lipinski definition) is 2. The van der Waals surface area contributed by atoms with Crippen molar-refractivity contribution < 1.29 is 20.1 Å². The fourth-order valence-corrected chi connectivity index (χ4v) is 2.54. The Kier molecular flexibility index (Phi) is 3.78. The molecule has 0 spiro atoms. The van der Waals surface area contributed by atoms with E-state index in [2.05, 4.69) is 35.3 Å². The van der Waals surface area contributed by atoms with Gasteiger partial charge < -0.3 is 4.98 Å². The summed E-state index contributed by atoms with van der Waals surface area (Å²) >= 11 is 0. The number of rotatable bonds is 1. The fourth-order valence-electron chi connectivity index (χ4n) is 2.54. The van der Waals surface area contributed by atoms with Gasteiger partial charge in [0.2, 0.25) is 0 Å². The molecule has 2 aromatic carbocycles. The molecule has 4 aromatic rings.